The number of benzene rings is 2. The van der Waals surface area contributed by atoms with Crippen LogP contribution in [-0.4, -0.2) is 26.7 Å². The molecule has 0 radical (unpaired) electrons. The van der Waals surface area contributed by atoms with Crippen LogP contribution in [0, 0.1) is 6.92 Å². The number of aryl methyl sites for hydroxylation is 1. The average Bonchev–Trinajstić information content (AvgIpc) is 2.53. The van der Waals surface area contributed by atoms with Crippen LogP contribution in [0.4, 0.5) is 0 Å². The maximum Gasteiger partial charge on any atom is 0.340 e. The first kappa shape index (κ1) is 23.7. The summed E-state index contributed by atoms with van der Waals surface area (Å²) in [6.45, 7) is 2.82. The molecule has 0 amide bonds. The van der Waals surface area contributed by atoms with E-state index in [0.717, 1.165) is 5.56 Å². The second-order valence-electron chi connectivity index (χ2n) is 5.44. The van der Waals surface area contributed by atoms with Crippen LogP contribution in [0.2, 0.25) is 5.02 Å². The van der Waals surface area contributed by atoms with Crippen molar-refractivity contribution in [1.29, 1.82) is 0 Å². The van der Waals surface area contributed by atoms with Crippen molar-refractivity contribution in [3.8, 4) is 11.5 Å². The van der Waals surface area contributed by atoms with Gasteiger partial charge in [0, 0.05) is 12.6 Å². The number of nitrogens with two attached hydrogens (primary N) is 1. The number of hydrogen-bond acceptors (Lipinski definition) is 5. The Bertz CT molecular complexity index is 894. The number of ether oxygens (including phenoxy) is 1. The Morgan fingerprint density at radius 1 is 1.22 bits per heavy atom. The molecule has 2 aromatic carbocycles. The fourth-order valence-corrected chi connectivity index (χ4v) is 3.65. The van der Waals surface area contributed by atoms with Crippen molar-refractivity contribution in [3.05, 3.63) is 53.1 Å². The molecule has 0 spiro atoms. The number of halogens is 2. The highest BCUT2D eigenvalue weighted by atomic mass is 127. The summed E-state index contributed by atoms with van der Waals surface area (Å²) in [5.74, 6) is 0.658. The Morgan fingerprint density at radius 2 is 1.89 bits per heavy atom. The molecule has 0 aliphatic heterocycles. The minimum Gasteiger partial charge on any atom is -0.493 e. The summed E-state index contributed by atoms with van der Waals surface area (Å²) in [5.41, 5.74) is 6.14. The normalized spacial score (nSPS) is 10.6. The van der Waals surface area contributed by atoms with Crippen molar-refractivity contribution in [3.63, 3.8) is 0 Å². The van der Waals surface area contributed by atoms with Crippen LogP contribution in [0.1, 0.15) is 12.0 Å². The van der Waals surface area contributed by atoms with Crippen LogP contribution in [-0.2, 0) is 10.1 Å². The van der Waals surface area contributed by atoms with Gasteiger partial charge >= 0.3 is 10.1 Å². The molecule has 3 N–H and O–H groups in total. The summed E-state index contributed by atoms with van der Waals surface area (Å²) >= 11 is 10.7. The SMILES string of the molecule is Cc1cc(OCCCNC(N)=S)cc(OS(=O)(=O)c2ccccc2Cl)c1.I. The molecule has 148 valence electrons. The predicted molar refractivity (Wildman–Crippen MR) is 121 cm³/mol. The Morgan fingerprint density at radius 3 is 2.56 bits per heavy atom. The van der Waals surface area contributed by atoms with E-state index in [9.17, 15) is 8.42 Å². The molecule has 10 heteroatoms. The summed E-state index contributed by atoms with van der Waals surface area (Å²) in [7, 11) is -4.04. The lowest BCUT2D eigenvalue weighted by Gasteiger charge is -2.12. The molecule has 0 aromatic heterocycles. The van der Waals surface area contributed by atoms with E-state index in [2.05, 4.69) is 5.32 Å². The molecule has 27 heavy (non-hydrogen) atoms. The number of nitrogens with one attached hydrogen (secondary N) is 1. The summed E-state index contributed by atoms with van der Waals surface area (Å²) < 4.78 is 35.7. The van der Waals surface area contributed by atoms with E-state index in [-0.39, 0.29) is 44.8 Å². The zero-order valence-corrected chi connectivity index (χ0v) is 19.2. The number of rotatable bonds is 8. The molecule has 0 saturated carbocycles. The van der Waals surface area contributed by atoms with Gasteiger partial charge in [-0.15, -0.1) is 24.0 Å². The average molecular weight is 543 g/mol. The highest BCUT2D eigenvalue weighted by Gasteiger charge is 2.20. The molecule has 0 fully saturated rings. The zero-order valence-electron chi connectivity index (χ0n) is 14.5. The third kappa shape index (κ3) is 7.68. The van der Waals surface area contributed by atoms with Crippen LogP contribution >= 0.6 is 47.8 Å². The molecular weight excluding hydrogens is 523 g/mol. The van der Waals surface area contributed by atoms with Crippen LogP contribution in [0.5, 0.6) is 11.5 Å². The molecule has 0 aliphatic carbocycles. The third-order valence-corrected chi connectivity index (χ3v) is 5.12. The lowest BCUT2D eigenvalue weighted by Crippen LogP contribution is -2.30. The second-order valence-corrected chi connectivity index (χ2v) is 7.80. The van der Waals surface area contributed by atoms with Crippen LogP contribution in [0.25, 0.3) is 0 Å². The van der Waals surface area contributed by atoms with Gasteiger partial charge in [0.2, 0.25) is 0 Å². The van der Waals surface area contributed by atoms with Gasteiger partial charge in [-0.1, -0.05) is 23.7 Å². The molecule has 0 aliphatic rings. The minimum atomic E-state index is -4.04. The van der Waals surface area contributed by atoms with Gasteiger partial charge in [0.1, 0.15) is 16.4 Å². The van der Waals surface area contributed by atoms with Crippen molar-refractivity contribution < 1.29 is 17.3 Å². The molecule has 0 unspecified atom stereocenters. The van der Waals surface area contributed by atoms with Crippen molar-refractivity contribution in [1.82, 2.24) is 5.32 Å². The van der Waals surface area contributed by atoms with E-state index in [4.69, 9.17) is 38.5 Å². The highest BCUT2D eigenvalue weighted by molar-refractivity contribution is 14.0. The van der Waals surface area contributed by atoms with Crippen molar-refractivity contribution in [2.45, 2.75) is 18.2 Å². The first-order valence-corrected chi connectivity index (χ1v) is 9.94. The van der Waals surface area contributed by atoms with Gasteiger partial charge in [-0.05, 0) is 55.4 Å². The molecule has 0 bridgehead atoms. The van der Waals surface area contributed by atoms with E-state index >= 15 is 0 Å². The molecule has 0 heterocycles. The first-order valence-electron chi connectivity index (χ1n) is 7.75. The minimum absolute atomic E-state index is 0. The Kier molecular flexibility index (Phi) is 9.57. The van der Waals surface area contributed by atoms with E-state index < -0.39 is 10.1 Å². The highest BCUT2D eigenvalue weighted by Crippen LogP contribution is 2.28. The van der Waals surface area contributed by atoms with E-state index in [1.165, 1.54) is 18.2 Å². The Hall–Kier alpha value is -1.30. The first-order chi connectivity index (χ1) is 12.3. The summed E-state index contributed by atoms with van der Waals surface area (Å²) in [6, 6.07) is 11.0. The van der Waals surface area contributed by atoms with E-state index in [1.54, 1.807) is 24.3 Å². The van der Waals surface area contributed by atoms with E-state index in [0.29, 0.717) is 25.3 Å². The van der Waals surface area contributed by atoms with Crippen LogP contribution in [0.15, 0.2) is 47.4 Å². The fourth-order valence-electron chi connectivity index (χ4n) is 2.14. The monoisotopic (exact) mass is 542 g/mol. The van der Waals surface area contributed by atoms with Crippen molar-refractivity contribution in [2.75, 3.05) is 13.2 Å². The second kappa shape index (κ2) is 10.9. The lowest BCUT2D eigenvalue weighted by atomic mass is 10.2. The molecule has 2 aromatic rings. The molecule has 0 atom stereocenters. The van der Waals surface area contributed by atoms with Gasteiger partial charge in [0.15, 0.2) is 5.11 Å². The molecule has 0 saturated heterocycles. The van der Waals surface area contributed by atoms with Gasteiger partial charge in [-0.2, -0.15) is 8.42 Å². The summed E-state index contributed by atoms with van der Waals surface area (Å²) in [4.78, 5) is -0.0885. The molecule has 2 rings (SSSR count). The topological polar surface area (TPSA) is 90.7 Å². The largest absolute Gasteiger partial charge is 0.493 e. The van der Waals surface area contributed by atoms with E-state index in [1.807, 2.05) is 6.92 Å². The standard InChI is InChI=1S/C17H19ClN2O4S2.HI/c1-12-9-13(23-8-4-7-20-17(19)25)11-14(10-12)24-26(21,22)16-6-3-2-5-15(16)18;/h2-3,5-6,9-11H,4,7-8H2,1H3,(H3,19,20,25);1H. The zero-order chi connectivity index (χ0) is 19.2. The van der Waals surface area contributed by atoms with Gasteiger partial charge < -0.3 is 20.0 Å². The molecular formula is C17H20ClIN2O4S2. The quantitative estimate of drug-likeness (QED) is 0.228. The Balaban J connectivity index is 0.00000364. The lowest BCUT2D eigenvalue weighted by molar-refractivity contribution is 0.310. The smallest absolute Gasteiger partial charge is 0.340 e. The van der Waals surface area contributed by atoms with Crippen molar-refractivity contribution in [2.24, 2.45) is 5.73 Å². The van der Waals surface area contributed by atoms with Gasteiger partial charge in [-0.3, -0.25) is 0 Å². The van der Waals surface area contributed by atoms with Crippen molar-refractivity contribution >= 4 is 63.0 Å². The molecule has 6 nitrogen and oxygen atoms in total. The van der Waals surface area contributed by atoms with Gasteiger partial charge in [-0.25, -0.2) is 0 Å². The third-order valence-electron chi connectivity index (χ3n) is 3.23. The van der Waals surface area contributed by atoms with Gasteiger partial charge in [0.25, 0.3) is 0 Å². The van der Waals surface area contributed by atoms with Gasteiger partial charge in [0.05, 0.1) is 11.6 Å². The van der Waals surface area contributed by atoms with Crippen LogP contribution < -0.4 is 20.0 Å². The summed E-state index contributed by atoms with van der Waals surface area (Å²) in [5, 5.41) is 3.16. The maximum atomic E-state index is 12.4. The number of hydrogen-bond donors (Lipinski definition) is 2. The number of thiocarbonyl (C=S) groups is 1. The maximum absolute atomic E-state index is 12.4. The Labute approximate surface area is 186 Å². The van der Waals surface area contributed by atoms with Crippen LogP contribution in [0.3, 0.4) is 0 Å². The summed E-state index contributed by atoms with van der Waals surface area (Å²) in [6.07, 6.45) is 0.680. The fraction of sp³-hybridized carbons (Fsp3) is 0.235. The predicted octanol–water partition coefficient (Wildman–Crippen LogP) is 3.64.